The van der Waals surface area contributed by atoms with Crippen molar-refractivity contribution in [2.45, 2.75) is 31.4 Å². The van der Waals surface area contributed by atoms with Crippen LogP contribution in [0.25, 0.3) is 0 Å². The van der Waals surface area contributed by atoms with E-state index in [2.05, 4.69) is 4.98 Å². The SMILES string of the molecule is CC[C@@H](O)c1cnc(SC)cc1C. The standard InChI is InChI=1S/C10H15NOS/c1-4-9(12)8-6-11-10(13-3)5-7(8)2/h5-6,9,12H,4H2,1-3H3/t9-/m1/s1. The topological polar surface area (TPSA) is 33.1 Å². The van der Waals surface area contributed by atoms with Crippen molar-refractivity contribution >= 4 is 11.8 Å². The number of aryl methyl sites for hydroxylation is 1. The van der Waals surface area contributed by atoms with Gasteiger partial charge in [0.1, 0.15) is 0 Å². The number of thioether (sulfide) groups is 1. The summed E-state index contributed by atoms with van der Waals surface area (Å²) in [5, 5.41) is 10.6. The van der Waals surface area contributed by atoms with Crippen molar-refractivity contribution in [2.75, 3.05) is 6.26 Å². The van der Waals surface area contributed by atoms with E-state index in [1.807, 2.05) is 26.2 Å². The maximum Gasteiger partial charge on any atom is 0.0959 e. The highest BCUT2D eigenvalue weighted by molar-refractivity contribution is 7.98. The first-order chi connectivity index (χ1) is 6.19. The van der Waals surface area contributed by atoms with E-state index in [1.54, 1.807) is 18.0 Å². The number of aromatic nitrogens is 1. The van der Waals surface area contributed by atoms with Gasteiger partial charge in [-0.25, -0.2) is 4.98 Å². The Kier molecular flexibility index (Phi) is 3.75. The highest BCUT2D eigenvalue weighted by Crippen LogP contribution is 2.22. The van der Waals surface area contributed by atoms with Crippen LogP contribution in [0.15, 0.2) is 17.3 Å². The second-order valence-electron chi connectivity index (χ2n) is 3.01. The van der Waals surface area contributed by atoms with Crippen LogP contribution in [0.2, 0.25) is 0 Å². The van der Waals surface area contributed by atoms with E-state index in [1.165, 1.54) is 0 Å². The van der Waals surface area contributed by atoms with Gasteiger partial charge in [-0.3, -0.25) is 0 Å². The summed E-state index contributed by atoms with van der Waals surface area (Å²) in [5.74, 6) is 0. The van der Waals surface area contributed by atoms with Gasteiger partial charge in [0.15, 0.2) is 0 Å². The third-order valence-corrected chi connectivity index (χ3v) is 2.72. The maximum absolute atomic E-state index is 9.63. The minimum Gasteiger partial charge on any atom is -0.388 e. The van der Waals surface area contributed by atoms with Crippen LogP contribution in [-0.2, 0) is 0 Å². The number of aliphatic hydroxyl groups is 1. The molecule has 72 valence electrons. The van der Waals surface area contributed by atoms with Crippen molar-refractivity contribution in [1.29, 1.82) is 0 Å². The largest absolute Gasteiger partial charge is 0.388 e. The maximum atomic E-state index is 9.63. The Morgan fingerprint density at radius 2 is 2.31 bits per heavy atom. The zero-order chi connectivity index (χ0) is 9.84. The molecule has 0 saturated carbocycles. The molecule has 2 nitrogen and oxygen atoms in total. The Labute approximate surface area is 83.4 Å². The molecule has 0 aliphatic carbocycles. The highest BCUT2D eigenvalue weighted by atomic mass is 32.2. The quantitative estimate of drug-likeness (QED) is 0.756. The van der Waals surface area contributed by atoms with E-state index in [4.69, 9.17) is 0 Å². The number of hydrogen-bond donors (Lipinski definition) is 1. The number of pyridine rings is 1. The lowest BCUT2D eigenvalue weighted by molar-refractivity contribution is 0.172. The molecule has 0 amide bonds. The molecule has 0 aliphatic rings. The fraction of sp³-hybridized carbons (Fsp3) is 0.500. The van der Waals surface area contributed by atoms with Crippen LogP contribution >= 0.6 is 11.8 Å². The van der Waals surface area contributed by atoms with Gasteiger partial charge in [0.05, 0.1) is 11.1 Å². The van der Waals surface area contributed by atoms with Gasteiger partial charge in [-0.15, -0.1) is 11.8 Å². The molecular weight excluding hydrogens is 182 g/mol. The minimum atomic E-state index is -0.372. The average molecular weight is 197 g/mol. The van der Waals surface area contributed by atoms with Gasteiger partial charge in [-0.1, -0.05) is 6.92 Å². The monoisotopic (exact) mass is 197 g/mol. The van der Waals surface area contributed by atoms with E-state index in [9.17, 15) is 5.11 Å². The van der Waals surface area contributed by atoms with Gasteiger partial charge in [0.25, 0.3) is 0 Å². The van der Waals surface area contributed by atoms with Crippen molar-refractivity contribution in [2.24, 2.45) is 0 Å². The van der Waals surface area contributed by atoms with Gasteiger partial charge in [-0.05, 0) is 31.2 Å². The van der Waals surface area contributed by atoms with Crippen LogP contribution in [0.5, 0.6) is 0 Å². The first-order valence-electron chi connectivity index (χ1n) is 4.37. The summed E-state index contributed by atoms with van der Waals surface area (Å²) in [7, 11) is 0. The molecule has 0 aliphatic heterocycles. The molecule has 0 fully saturated rings. The summed E-state index contributed by atoms with van der Waals surface area (Å²) in [6.45, 7) is 3.97. The molecule has 1 rings (SSSR count). The molecule has 0 unspecified atom stereocenters. The Bertz CT molecular complexity index is 288. The van der Waals surface area contributed by atoms with Crippen LogP contribution in [0.1, 0.15) is 30.6 Å². The van der Waals surface area contributed by atoms with Crippen molar-refractivity contribution in [3.63, 3.8) is 0 Å². The van der Waals surface area contributed by atoms with E-state index in [-0.39, 0.29) is 6.10 Å². The second-order valence-corrected chi connectivity index (χ2v) is 3.83. The van der Waals surface area contributed by atoms with Gasteiger partial charge < -0.3 is 5.11 Å². The Morgan fingerprint density at radius 3 is 2.77 bits per heavy atom. The minimum absolute atomic E-state index is 0.372. The molecule has 1 aromatic heterocycles. The lowest BCUT2D eigenvalue weighted by atomic mass is 10.1. The molecule has 0 radical (unpaired) electrons. The summed E-state index contributed by atoms with van der Waals surface area (Å²) < 4.78 is 0. The van der Waals surface area contributed by atoms with Crippen LogP contribution in [-0.4, -0.2) is 16.3 Å². The normalized spacial score (nSPS) is 12.9. The molecule has 1 atom stereocenters. The Morgan fingerprint density at radius 1 is 1.62 bits per heavy atom. The lowest BCUT2D eigenvalue weighted by Gasteiger charge is -2.11. The zero-order valence-electron chi connectivity index (χ0n) is 8.24. The molecule has 1 aromatic rings. The molecule has 1 N–H and O–H groups in total. The van der Waals surface area contributed by atoms with Crippen molar-refractivity contribution in [3.05, 3.63) is 23.4 Å². The number of nitrogens with zero attached hydrogens (tertiary/aromatic N) is 1. The van der Waals surface area contributed by atoms with Gasteiger partial charge in [0, 0.05) is 11.8 Å². The van der Waals surface area contributed by atoms with Gasteiger partial charge in [0.2, 0.25) is 0 Å². The van der Waals surface area contributed by atoms with E-state index in [0.29, 0.717) is 0 Å². The summed E-state index contributed by atoms with van der Waals surface area (Å²) in [4.78, 5) is 4.23. The lowest BCUT2D eigenvalue weighted by Crippen LogP contribution is -1.99. The molecule has 0 bridgehead atoms. The smallest absolute Gasteiger partial charge is 0.0959 e. The van der Waals surface area contributed by atoms with E-state index in [0.717, 1.165) is 22.6 Å². The predicted octanol–water partition coefficient (Wildman–Crippen LogP) is 2.56. The fourth-order valence-electron chi connectivity index (χ4n) is 1.22. The van der Waals surface area contributed by atoms with Gasteiger partial charge >= 0.3 is 0 Å². The first kappa shape index (κ1) is 10.5. The van der Waals surface area contributed by atoms with Crippen molar-refractivity contribution in [3.8, 4) is 0 Å². The Balaban J connectivity index is 2.98. The Hall–Kier alpha value is -0.540. The van der Waals surface area contributed by atoms with Crippen molar-refractivity contribution in [1.82, 2.24) is 4.98 Å². The highest BCUT2D eigenvalue weighted by Gasteiger charge is 2.08. The third-order valence-electron chi connectivity index (χ3n) is 2.08. The fourth-order valence-corrected chi connectivity index (χ4v) is 1.67. The van der Waals surface area contributed by atoms with E-state index >= 15 is 0 Å². The third kappa shape index (κ3) is 2.45. The van der Waals surface area contributed by atoms with Crippen LogP contribution in [0.3, 0.4) is 0 Å². The summed E-state index contributed by atoms with van der Waals surface area (Å²) >= 11 is 1.62. The molecular formula is C10H15NOS. The molecule has 3 heteroatoms. The summed E-state index contributed by atoms with van der Waals surface area (Å²) in [6, 6.07) is 2.01. The predicted molar refractivity (Wildman–Crippen MR) is 56.0 cm³/mol. The van der Waals surface area contributed by atoms with Gasteiger partial charge in [-0.2, -0.15) is 0 Å². The van der Waals surface area contributed by atoms with Crippen LogP contribution in [0, 0.1) is 6.92 Å². The van der Waals surface area contributed by atoms with Crippen molar-refractivity contribution < 1.29 is 5.11 Å². The number of rotatable bonds is 3. The molecule has 0 aromatic carbocycles. The molecule has 0 spiro atoms. The average Bonchev–Trinajstić information content (AvgIpc) is 2.16. The number of aliphatic hydroxyl groups excluding tert-OH is 1. The number of hydrogen-bond acceptors (Lipinski definition) is 3. The summed E-state index contributed by atoms with van der Waals surface area (Å²) in [6.07, 6.45) is 4.14. The zero-order valence-corrected chi connectivity index (χ0v) is 9.06. The molecule has 0 saturated heterocycles. The first-order valence-corrected chi connectivity index (χ1v) is 5.60. The van der Waals surface area contributed by atoms with Crippen LogP contribution < -0.4 is 0 Å². The molecule has 13 heavy (non-hydrogen) atoms. The summed E-state index contributed by atoms with van der Waals surface area (Å²) in [5.41, 5.74) is 2.06. The van der Waals surface area contributed by atoms with E-state index < -0.39 is 0 Å². The van der Waals surface area contributed by atoms with Crippen LogP contribution in [0.4, 0.5) is 0 Å². The second kappa shape index (κ2) is 4.63. The molecule has 1 heterocycles.